The molecule has 0 bridgehead atoms. The van der Waals surface area contributed by atoms with E-state index in [4.69, 9.17) is 37.9 Å². The van der Waals surface area contributed by atoms with Gasteiger partial charge in [-0.15, -0.1) is 0 Å². The van der Waals surface area contributed by atoms with Crippen LogP contribution in [0, 0.1) is 11.8 Å². The standard InChI is InChI=1S/C27H36F2O5.C27H34F2O5.CH4/c2*1-5-22-19(3)23(32-17-20-13-9-7-10-14-20)24(33-18-21-15-11-8-12-16-21)26(4,34-22)27(28,29)25(30)31-6-2;/h7-16,19,22-25,30H,5-6,17-18H2,1-4H3;7-16,19,22-24H,5-6,17-18H2,1-4H3;1H4/t19-,22+,23-,24+,25?,26+;19-,22+,23-,24+,26+;/m00./s1. The van der Waals surface area contributed by atoms with E-state index in [9.17, 15) is 9.90 Å². The van der Waals surface area contributed by atoms with E-state index in [1.54, 1.807) is 6.92 Å². The molecule has 10 nitrogen and oxygen atoms in total. The number of benzene rings is 4. The van der Waals surface area contributed by atoms with Crippen LogP contribution in [0.25, 0.3) is 0 Å². The largest absolute Gasteiger partial charge is 0.461 e. The highest BCUT2D eigenvalue weighted by Crippen LogP contribution is 2.49. The van der Waals surface area contributed by atoms with Gasteiger partial charge in [-0.2, -0.15) is 17.6 Å². The van der Waals surface area contributed by atoms with Crippen LogP contribution in [-0.4, -0.2) is 90.3 Å². The van der Waals surface area contributed by atoms with Crippen molar-refractivity contribution in [3.63, 3.8) is 0 Å². The molecule has 2 heterocycles. The van der Waals surface area contributed by atoms with E-state index >= 15 is 17.6 Å². The lowest BCUT2D eigenvalue weighted by Gasteiger charge is -2.54. The first-order chi connectivity index (χ1) is 32.5. The van der Waals surface area contributed by atoms with Gasteiger partial charge < -0.3 is 43.0 Å². The highest BCUT2D eigenvalue weighted by molar-refractivity contribution is 5.79. The Kier molecular flexibility index (Phi) is 21.8. The van der Waals surface area contributed by atoms with Crippen LogP contribution >= 0.6 is 0 Å². The minimum atomic E-state index is -3.95. The first kappa shape index (κ1) is 57.3. The van der Waals surface area contributed by atoms with Crippen LogP contribution in [0.3, 0.4) is 0 Å². The molecule has 11 atom stereocenters. The SMILES string of the molecule is C.CCOC(=O)C(F)(F)[C@]1(C)O[C@H](CC)[C@H](C)[C@H](OCc2ccccc2)[C@H]1OCc1ccccc1.CCOC(O)C(F)(F)[C@]1(C)O[C@H](CC)[C@H](C)[C@H](OCc2ccccc2)[C@H]1OCc1ccccc1. The first-order valence-corrected chi connectivity index (χ1v) is 23.7. The Hall–Kier alpha value is -4.25. The molecule has 0 saturated carbocycles. The number of aliphatic hydroxyl groups excluding tert-OH is 1. The first-order valence-electron chi connectivity index (χ1n) is 23.7. The van der Waals surface area contributed by atoms with Crippen molar-refractivity contribution >= 4 is 5.97 Å². The van der Waals surface area contributed by atoms with Crippen molar-refractivity contribution in [2.75, 3.05) is 13.2 Å². The molecule has 382 valence electrons. The summed E-state index contributed by atoms with van der Waals surface area (Å²) in [6.07, 6.45) is -6.26. The van der Waals surface area contributed by atoms with Gasteiger partial charge in [-0.3, -0.25) is 0 Å². The maximum Gasteiger partial charge on any atom is 0.380 e. The second kappa shape index (κ2) is 26.3. The van der Waals surface area contributed by atoms with Crippen LogP contribution in [0.1, 0.15) is 97.9 Å². The number of rotatable bonds is 21. The van der Waals surface area contributed by atoms with Crippen LogP contribution in [-0.2, 0) is 69.1 Å². The molecular weight excluding hydrogens is 897 g/mol. The molecule has 0 radical (unpaired) electrons. The molecule has 0 aromatic heterocycles. The molecule has 1 unspecified atom stereocenters. The summed E-state index contributed by atoms with van der Waals surface area (Å²) in [5.74, 6) is -9.81. The van der Waals surface area contributed by atoms with Crippen molar-refractivity contribution in [3.8, 4) is 0 Å². The molecule has 6 rings (SSSR count). The molecular formula is C55H74F4O10. The fourth-order valence-corrected chi connectivity index (χ4v) is 8.98. The Bertz CT molecular complexity index is 2070. The molecule has 4 aromatic rings. The van der Waals surface area contributed by atoms with Crippen molar-refractivity contribution < 1.29 is 65.4 Å². The van der Waals surface area contributed by atoms with Gasteiger partial charge in [-0.05, 0) is 62.8 Å². The van der Waals surface area contributed by atoms with Crippen molar-refractivity contribution in [1.29, 1.82) is 0 Å². The average molecular weight is 971 g/mol. The van der Waals surface area contributed by atoms with Crippen LogP contribution in [0.4, 0.5) is 17.6 Å². The maximum absolute atomic E-state index is 15.8. The van der Waals surface area contributed by atoms with Crippen LogP contribution in [0.2, 0.25) is 0 Å². The van der Waals surface area contributed by atoms with Crippen molar-refractivity contribution in [1.82, 2.24) is 0 Å². The topological polar surface area (TPSA) is 111 Å². The van der Waals surface area contributed by atoms with E-state index in [0.717, 1.165) is 22.3 Å². The van der Waals surface area contributed by atoms with E-state index in [-0.39, 0.29) is 58.9 Å². The molecule has 0 spiro atoms. The van der Waals surface area contributed by atoms with Crippen molar-refractivity contribution in [2.45, 2.75) is 168 Å². The number of aliphatic hydroxyl groups is 1. The summed E-state index contributed by atoms with van der Waals surface area (Å²) in [5.41, 5.74) is -0.983. The van der Waals surface area contributed by atoms with Crippen LogP contribution in [0.15, 0.2) is 121 Å². The van der Waals surface area contributed by atoms with Gasteiger partial charge in [0.1, 0.15) is 12.2 Å². The lowest BCUT2D eigenvalue weighted by atomic mass is 9.77. The molecule has 2 aliphatic heterocycles. The third-order valence-electron chi connectivity index (χ3n) is 13.1. The quantitative estimate of drug-likeness (QED) is 0.0492. The molecule has 0 amide bonds. The fraction of sp³-hybridized carbons (Fsp3) is 0.545. The Morgan fingerprint density at radius 1 is 0.580 bits per heavy atom. The second-order valence-corrected chi connectivity index (χ2v) is 17.7. The highest BCUT2D eigenvalue weighted by atomic mass is 19.3. The van der Waals surface area contributed by atoms with Crippen molar-refractivity contribution in [2.24, 2.45) is 11.8 Å². The summed E-state index contributed by atoms with van der Waals surface area (Å²) >= 11 is 0. The summed E-state index contributed by atoms with van der Waals surface area (Å²) in [6, 6.07) is 37.7. The third kappa shape index (κ3) is 13.6. The van der Waals surface area contributed by atoms with Gasteiger partial charge in [0.25, 0.3) is 0 Å². The summed E-state index contributed by atoms with van der Waals surface area (Å²) in [4.78, 5) is 12.4. The predicted molar refractivity (Wildman–Crippen MR) is 256 cm³/mol. The van der Waals surface area contributed by atoms with E-state index in [1.165, 1.54) is 20.8 Å². The minimum absolute atomic E-state index is 0. The number of esters is 1. The lowest BCUT2D eigenvalue weighted by molar-refractivity contribution is -0.372. The molecule has 2 saturated heterocycles. The number of hydrogen-bond acceptors (Lipinski definition) is 10. The summed E-state index contributed by atoms with van der Waals surface area (Å²) < 4.78 is 109. The summed E-state index contributed by atoms with van der Waals surface area (Å²) in [5, 5.41) is 10.3. The van der Waals surface area contributed by atoms with E-state index in [1.807, 2.05) is 149 Å². The van der Waals surface area contributed by atoms with Gasteiger partial charge >= 0.3 is 17.8 Å². The van der Waals surface area contributed by atoms with Crippen LogP contribution in [0.5, 0.6) is 0 Å². The zero-order valence-corrected chi connectivity index (χ0v) is 40.5. The predicted octanol–water partition coefficient (Wildman–Crippen LogP) is 11.5. The maximum atomic E-state index is 15.8. The average Bonchev–Trinajstić information content (AvgIpc) is 3.35. The number of carbonyl (C=O) groups excluding carboxylic acids is 1. The smallest absolute Gasteiger partial charge is 0.380 e. The number of carbonyl (C=O) groups is 1. The Morgan fingerprint density at radius 3 is 1.25 bits per heavy atom. The zero-order chi connectivity index (χ0) is 49.5. The van der Waals surface area contributed by atoms with Gasteiger partial charge in [-0.1, -0.05) is 156 Å². The van der Waals surface area contributed by atoms with Gasteiger partial charge in [0.2, 0.25) is 6.29 Å². The molecule has 4 aromatic carbocycles. The normalized spacial score (nSPS) is 27.6. The third-order valence-corrected chi connectivity index (χ3v) is 13.1. The number of ether oxygens (including phenoxy) is 8. The molecule has 2 fully saturated rings. The molecule has 1 N–H and O–H groups in total. The number of alkyl halides is 4. The summed E-state index contributed by atoms with van der Waals surface area (Å²) in [7, 11) is 0. The van der Waals surface area contributed by atoms with E-state index in [2.05, 4.69) is 0 Å². The number of hydrogen-bond donors (Lipinski definition) is 1. The van der Waals surface area contributed by atoms with Crippen molar-refractivity contribution in [3.05, 3.63) is 144 Å². The van der Waals surface area contributed by atoms with Gasteiger partial charge in [0.15, 0.2) is 11.2 Å². The zero-order valence-electron chi connectivity index (χ0n) is 40.5. The fourth-order valence-electron chi connectivity index (χ4n) is 8.98. The van der Waals surface area contributed by atoms with E-state index < -0.39 is 71.9 Å². The van der Waals surface area contributed by atoms with Gasteiger partial charge in [0.05, 0.1) is 57.5 Å². The molecule has 69 heavy (non-hydrogen) atoms. The Balaban J connectivity index is 0.000000296. The molecule has 14 heteroatoms. The lowest BCUT2D eigenvalue weighted by Crippen LogP contribution is -2.71. The van der Waals surface area contributed by atoms with Crippen LogP contribution < -0.4 is 0 Å². The van der Waals surface area contributed by atoms with Gasteiger partial charge in [-0.25, -0.2) is 4.79 Å². The second-order valence-electron chi connectivity index (χ2n) is 17.7. The minimum Gasteiger partial charge on any atom is -0.461 e. The van der Waals surface area contributed by atoms with E-state index in [0.29, 0.717) is 12.8 Å². The van der Waals surface area contributed by atoms with Gasteiger partial charge in [0, 0.05) is 18.4 Å². The Labute approximate surface area is 406 Å². The molecule has 0 aliphatic carbocycles. The summed E-state index contributed by atoms with van der Waals surface area (Å²) in [6.45, 7) is 13.5. The Morgan fingerprint density at radius 2 is 0.913 bits per heavy atom. The number of halogens is 4. The highest BCUT2D eigenvalue weighted by Gasteiger charge is 2.69. The monoisotopic (exact) mass is 971 g/mol. The molecule has 2 aliphatic rings.